The Hall–Kier alpha value is -1.10. The van der Waals surface area contributed by atoms with Gasteiger partial charge in [0.15, 0.2) is 0 Å². The van der Waals surface area contributed by atoms with Crippen LogP contribution in [0.15, 0.2) is 35.7 Å². The summed E-state index contributed by atoms with van der Waals surface area (Å²) in [7, 11) is 0. The molecule has 2 aliphatic heterocycles. The van der Waals surface area contributed by atoms with Gasteiger partial charge in [-0.1, -0.05) is 6.08 Å². The summed E-state index contributed by atoms with van der Waals surface area (Å²) in [6, 6.07) is 2.70. The molecule has 3 heterocycles. The summed E-state index contributed by atoms with van der Waals surface area (Å²) in [4.78, 5) is 5.08. The third kappa shape index (κ3) is 3.08. The molecule has 2 saturated heterocycles. The van der Waals surface area contributed by atoms with Crippen molar-refractivity contribution in [1.82, 2.24) is 9.80 Å². The number of hydrogen-bond acceptors (Lipinski definition) is 4. The fourth-order valence-corrected chi connectivity index (χ4v) is 3.17. The zero-order valence-corrected chi connectivity index (χ0v) is 11.3. The van der Waals surface area contributed by atoms with Gasteiger partial charge in [-0.25, -0.2) is 0 Å². The van der Waals surface area contributed by atoms with Crippen molar-refractivity contribution in [2.75, 3.05) is 32.8 Å². The average Bonchev–Trinajstić information content (AvgIpc) is 3.04. The van der Waals surface area contributed by atoms with Gasteiger partial charge in [0.05, 0.1) is 25.2 Å². The zero-order chi connectivity index (χ0) is 13.1. The minimum Gasteiger partial charge on any atom is -0.472 e. The van der Waals surface area contributed by atoms with Crippen molar-refractivity contribution >= 4 is 0 Å². The normalized spacial score (nSPS) is 28.4. The highest BCUT2D eigenvalue weighted by atomic mass is 16.5. The number of piperazine rings is 1. The molecule has 0 bridgehead atoms. The molecular weight excluding hydrogens is 240 g/mol. The molecule has 2 fully saturated rings. The fraction of sp³-hybridized carbons (Fsp3) is 0.600. The first kappa shape index (κ1) is 12.9. The van der Waals surface area contributed by atoms with Crippen molar-refractivity contribution in [2.24, 2.45) is 0 Å². The van der Waals surface area contributed by atoms with Crippen molar-refractivity contribution in [2.45, 2.75) is 25.1 Å². The number of nitrogens with zero attached hydrogens (tertiary/aromatic N) is 2. The topological polar surface area (TPSA) is 28.9 Å². The lowest BCUT2D eigenvalue weighted by Crippen LogP contribution is -2.49. The summed E-state index contributed by atoms with van der Waals surface area (Å²) in [5, 5.41) is 0. The van der Waals surface area contributed by atoms with Crippen LogP contribution in [0, 0.1) is 0 Å². The Morgan fingerprint density at radius 3 is 3.16 bits per heavy atom. The molecule has 0 radical (unpaired) electrons. The van der Waals surface area contributed by atoms with E-state index in [2.05, 4.69) is 22.4 Å². The minimum absolute atomic E-state index is 0.386. The maximum atomic E-state index is 5.79. The standard InChI is InChI=1S/C15H22N2O2/c1-2-6-19-15-8-14-10-16(4-5-17(14)11-15)9-13-3-7-18-12-13/h2-3,7,12,14-15H,1,4-6,8-11H2. The van der Waals surface area contributed by atoms with Gasteiger partial charge in [-0.3, -0.25) is 9.80 Å². The summed E-state index contributed by atoms with van der Waals surface area (Å²) in [6.07, 6.45) is 6.96. The highest BCUT2D eigenvalue weighted by Crippen LogP contribution is 2.24. The van der Waals surface area contributed by atoms with Crippen molar-refractivity contribution in [3.05, 3.63) is 36.8 Å². The van der Waals surface area contributed by atoms with E-state index in [1.165, 1.54) is 5.56 Å². The van der Waals surface area contributed by atoms with Crippen LogP contribution in [0.5, 0.6) is 0 Å². The van der Waals surface area contributed by atoms with Gasteiger partial charge >= 0.3 is 0 Å². The monoisotopic (exact) mass is 262 g/mol. The van der Waals surface area contributed by atoms with E-state index in [0.29, 0.717) is 18.8 Å². The van der Waals surface area contributed by atoms with Gasteiger partial charge in [0.25, 0.3) is 0 Å². The van der Waals surface area contributed by atoms with Crippen LogP contribution >= 0.6 is 0 Å². The van der Waals surface area contributed by atoms with E-state index < -0.39 is 0 Å². The molecule has 0 saturated carbocycles. The molecule has 0 aliphatic carbocycles. The first-order chi connectivity index (χ1) is 9.35. The molecule has 0 spiro atoms. The molecule has 0 amide bonds. The van der Waals surface area contributed by atoms with Crippen molar-refractivity contribution in [3.8, 4) is 0 Å². The number of furan rings is 1. The van der Waals surface area contributed by atoms with Gasteiger partial charge in [-0.2, -0.15) is 0 Å². The predicted octanol–water partition coefficient (Wildman–Crippen LogP) is 1.74. The quantitative estimate of drug-likeness (QED) is 0.756. The van der Waals surface area contributed by atoms with Crippen LogP contribution in [0.4, 0.5) is 0 Å². The van der Waals surface area contributed by atoms with Crippen LogP contribution < -0.4 is 0 Å². The third-order valence-electron chi connectivity index (χ3n) is 4.10. The Bertz CT molecular complexity index is 404. The van der Waals surface area contributed by atoms with Crippen LogP contribution in [0.3, 0.4) is 0 Å². The number of rotatable bonds is 5. The molecule has 1 aromatic heterocycles. The lowest BCUT2D eigenvalue weighted by atomic mass is 10.1. The molecule has 4 heteroatoms. The second kappa shape index (κ2) is 5.90. The van der Waals surface area contributed by atoms with E-state index in [0.717, 1.165) is 39.1 Å². The lowest BCUT2D eigenvalue weighted by Gasteiger charge is -2.37. The van der Waals surface area contributed by atoms with E-state index in [9.17, 15) is 0 Å². The number of ether oxygens (including phenoxy) is 1. The minimum atomic E-state index is 0.386. The van der Waals surface area contributed by atoms with Gasteiger partial charge in [0.1, 0.15) is 0 Å². The second-order valence-corrected chi connectivity index (χ2v) is 5.50. The fourth-order valence-electron chi connectivity index (χ4n) is 3.17. The van der Waals surface area contributed by atoms with Crippen molar-refractivity contribution < 1.29 is 9.15 Å². The summed E-state index contributed by atoms with van der Waals surface area (Å²) in [6.45, 7) is 9.88. The maximum Gasteiger partial charge on any atom is 0.0947 e. The average molecular weight is 262 g/mol. The molecule has 3 rings (SSSR count). The van der Waals surface area contributed by atoms with E-state index in [1.807, 2.05) is 12.3 Å². The van der Waals surface area contributed by atoms with E-state index in [4.69, 9.17) is 9.15 Å². The van der Waals surface area contributed by atoms with Gasteiger partial charge in [0, 0.05) is 44.3 Å². The number of hydrogen-bond donors (Lipinski definition) is 0. The van der Waals surface area contributed by atoms with Crippen LogP contribution in [0.1, 0.15) is 12.0 Å². The van der Waals surface area contributed by atoms with Crippen molar-refractivity contribution in [1.29, 1.82) is 0 Å². The molecule has 2 aliphatic rings. The first-order valence-corrected chi connectivity index (χ1v) is 7.05. The third-order valence-corrected chi connectivity index (χ3v) is 4.10. The Morgan fingerprint density at radius 1 is 1.42 bits per heavy atom. The lowest BCUT2D eigenvalue weighted by molar-refractivity contribution is 0.0758. The predicted molar refractivity (Wildman–Crippen MR) is 73.9 cm³/mol. The Morgan fingerprint density at radius 2 is 2.37 bits per heavy atom. The maximum absolute atomic E-state index is 5.79. The highest BCUT2D eigenvalue weighted by Gasteiger charge is 2.36. The molecule has 0 aromatic carbocycles. The molecule has 2 unspecified atom stereocenters. The Kier molecular flexibility index (Phi) is 4.01. The Labute approximate surface area is 114 Å². The smallest absolute Gasteiger partial charge is 0.0947 e. The summed E-state index contributed by atoms with van der Waals surface area (Å²) < 4.78 is 10.9. The molecule has 104 valence electrons. The SMILES string of the molecule is C=CCOC1CC2CN(Cc3ccoc3)CCN2C1. The van der Waals surface area contributed by atoms with Crippen LogP contribution in [-0.2, 0) is 11.3 Å². The largest absolute Gasteiger partial charge is 0.472 e. The van der Waals surface area contributed by atoms with E-state index >= 15 is 0 Å². The summed E-state index contributed by atoms with van der Waals surface area (Å²) >= 11 is 0. The summed E-state index contributed by atoms with van der Waals surface area (Å²) in [5.74, 6) is 0. The molecule has 2 atom stereocenters. The summed E-state index contributed by atoms with van der Waals surface area (Å²) in [5.41, 5.74) is 1.27. The van der Waals surface area contributed by atoms with E-state index in [1.54, 1.807) is 6.26 Å². The van der Waals surface area contributed by atoms with Crippen molar-refractivity contribution in [3.63, 3.8) is 0 Å². The second-order valence-electron chi connectivity index (χ2n) is 5.50. The van der Waals surface area contributed by atoms with Crippen LogP contribution in [-0.4, -0.2) is 54.7 Å². The molecular formula is C15H22N2O2. The van der Waals surface area contributed by atoms with Crippen LogP contribution in [0.25, 0.3) is 0 Å². The zero-order valence-electron chi connectivity index (χ0n) is 11.3. The van der Waals surface area contributed by atoms with E-state index in [-0.39, 0.29) is 0 Å². The van der Waals surface area contributed by atoms with Gasteiger partial charge in [-0.05, 0) is 12.5 Å². The highest BCUT2D eigenvalue weighted by molar-refractivity contribution is 5.05. The molecule has 19 heavy (non-hydrogen) atoms. The molecule has 1 aromatic rings. The van der Waals surface area contributed by atoms with Gasteiger partial charge in [-0.15, -0.1) is 6.58 Å². The van der Waals surface area contributed by atoms with Crippen LogP contribution in [0.2, 0.25) is 0 Å². The van der Waals surface area contributed by atoms with Gasteiger partial charge in [0.2, 0.25) is 0 Å². The Balaban J connectivity index is 1.51. The number of fused-ring (bicyclic) bond motifs is 1. The molecule has 0 N–H and O–H groups in total. The molecule has 4 nitrogen and oxygen atoms in total. The van der Waals surface area contributed by atoms with Gasteiger partial charge < -0.3 is 9.15 Å². The first-order valence-electron chi connectivity index (χ1n) is 7.05.